The van der Waals surface area contributed by atoms with Crippen molar-refractivity contribution in [1.82, 2.24) is 10.2 Å². The smallest absolute Gasteiger partial charge is 0.0254 e. The fourth-order valence-electron chi connectivity index (χ4n) is 1.99. The van der Waals surface area contributed by atoms with Crippen molar-refractivity contribution in [2.75, 3.05) is 27.2 Å². The fourth-order valence-corrected chi connectivity index (χ4v) is 1.99. The van der Waals surface area contributed by atoms with E-state index in [9.17, 15) is 0 Å². The standard InChI is InChI=1S/C9H20N2/c1-4-5-8-6-10-7-9(8)11(2)3/h8-10H,4-7H2,1-3H3/t8-,9-/m0/s1. The van der Waals surface area contributed by atoms with Crippen LogP contribution < -0.4 is 5.32 Å². The second kappa shape index (κ2) is 4.07. The molecule has 2 heteroatoms. The van der Waals surface area contributed by atoms with E-state index in [0.717, 1.165) is 12.0 Å². The Bertz CT molecular complexity index is 112. The first-order chi connectivity index (χ1) is 5.25. The number of hydrogen-bond acceptors (Lipinski definition) is 2. The van der Waals surface area contributed by atoms with E-state index in [4.69, 9.17) is 0 Å². The summed E-state index contributed by atoms with van der Waals surface area (Å²) in [5.74, 6) is 0.884. The first-order valence-electron chi connectivity index (χ1n) is 4.62. The Morgan fingerprint density at radius 2 is 2.09 bits per heavy atom. The van der Waals surface area contributed by atoms with E-state index in [1.165, 1.54) is 25.9 Å². The first-order valence-corrected chi connectivity index (χ1v) is 4.62. The van der Waals surface area contributed by atoms with Crippen LogP contribution in [0.3, 0.4) is 0 Å². The zero-order valence-electron chi connectivity index (χ0n) is 7.93. The first kappa shape index (κ1) is 9.01. The molecule has 1 aliphatic rings. The van der Waals surface area contributed by atoms with Gasteiger partial charge in [0.2, 0.25) is 0 Å². The van der Waals surface area contributed by atoms with Crippen LogP contribution in [0.15, 0.2) is 0 Å². The van der Waals surface area contributed by atoms with Crippen molar-refractivity contribution in [2.45, 2.75) is 25.8 Å². The van der Waals surface area contributed by atoms with E-state index in [0.29, 0.717) is 0 Å². The van der Waals surface area contributed by atoms with Crippen LogP contribution in [-0.4, -0.2) is 38.1 Å². The van der Waals surface area contributed by atoms with Crippen molar-refractivity contribution >= 4 is 0 Å². The molecule has 0 aromatic heterocycles. The number of nitrogens with zero attached hydrogens (tertiary/aromatic N) is 1. The Labute approximate surface area is 70.0 Å². The molecule has 1 N–H and O–H groups in total. The van der Waals surface area contributed by atoms with E-state index in [1.807, 2.05) is 0 Å². The fraction of sp³-hybridized carbons (Fsp3) is 1.00. The summed E-state index contributed by atoms with van der Waals surface area (Å²) in [6.45, 7) is 4.67. The average molecular weight is 156 g/mol. The Morgan fingerprint density at radius 1 is 1.36 bits per heavy atom. The quantitative estimate of drug-likeness (QED) is 0.654. The lowest BCUT2D eigenvalue weighted by Crippen LogP contribution is -2.34. The third-order valence-corrected chi connectivity index (χ3v) is 2.63. The molecule has 0 aliphatic carbocycles. The number of hydrogen-bond donors (Lipinski definition) is 1. The Hall–Kier alpha value is -0.0800. The van der Waals surface area contributed by atoms with E-state index in [1.54, 1.807) is 0 Å². The van der Waals surface area contributed by atoms with Gasteiger partial charge in [-0.05, 0) is 33.0 Å². The Kier molecular flexibility index (Phi) is 3.34. The zero-order chi connectivity index (χ0) is 8.27. The summed E-state index contributed by atoms with van der Waals surface area (Å²) in [7, 11) is 4.36. The number of nitrogens with one attached hydrogen (secondary N) is 1. The minimum Gasteiger partial charge on any atom is -0.315 e. The second-order valence-corrected chi connectivity index (χ2v) is 3.74. The molecule has 0 aromatic rings. The van der Waals surface area contributed by atoms with Gasteiger partial charge in [-0.3, -0.25) is 0 Å². The molecule has 2 nitrogen and oxygen atoms in total. The summed E-state index contributed by atoms with van der Waals surface area (Å²) in [6, 6.07) is 0.773. The molecule has 11 heavy (non-hydrogen) atoms. The maximum absolute atomic E-state index is 3.45. The van der Waals surface area contributed by atoms with Crippen LogP contribution in [-0.2, 0) is 0 Å². The van der Waals surface area contributed by atoms with E-state index in [2.05, 4.69) is 31.2 Å². The van der Waals surface area contributed by atoms with Crippen LogP contribution in [0.2, 0.25) is 0 Å². The SMILES string of the molecule is CCC[C@H]1CNC[C@@H]1N(C)C. The highest BCUT2D eigenvalue weighted by Gasteiger charge is 2.27. The van der Waals surface area contributed by atoms with Gasteiger partial charge in [0, 0.05) is 12.6 Å². The van der Waals surface area contributed by atoms with E-state index in [-0.39, 0.29) is 0 Å². The molecule has 0 amide bonds. The topological polar surface area (TPSA) is 15.3 Å². The Morgan fingerprint density at radius 3 is 2.64 bits per heavy atom. The van der Waals surface area contributed by atoms with Gasteiger partial charge in [-0.1, -0.05) is 13.3 Å². The predicted octanol–water partition coefficient (Wildman–Crippen LogP) is 0.936. The molecular formula is C9H20N2. The van der Waals surface area contributed by atoms with E-state index >= 15 is 0 Å². The van der Waals surface area contributed by atoms with Crippen molar-refractivity contribution in [3.8, 4) is 0 Å². The number of likely N-dealkylation sites (N-methyl/N-ethyl adjacent to an activating group) is 1. The lowest BCUT2D eigenvalue weighted by atomic mass is 9.98. The molecule has 0 unspecified atom stereocenters. The monoisotopic (exact) mass is 156 g/mol. The van der Waals surface area contributed by atoms with Gasteiger partial charge < -0.3 is 10.2 Å². The molecule has 1 rings (SSSR count). The normalized spacial score (nSPS) is 31.6. The maximum atomic E-state index is 3.45. The molecule has 1 aliphatic heterocycles. The zero-order valence-corrected chi connectivity index (χ0v) is 7.93. The molecule has 1 fully saturated rings. The molecular weight excluding hydrogens is 136 g/mol. The largest absolute Gasteiger partial charge is 0.315 e. The molecule has 1 saturated heterocycles. The van der Waals surface area contributed by atoms with E-state index < -0.39 is 0 Å². The molecule has 0 radical (unpaired) electrons. The lowest BCUT2D eigenvalue weighted by molar-refractivity contribution is 0.245. The molecule has 0 saturated carbocycles. The summed E-state index contributed by atoms with van der Waals surface area (Å²) < 4.78 is 0. The summed E-state index contributed by atoms with van der Waals surface area (Å²) >= 11 is 0. The molecule has 0 spiro atoms. The molecule has 1 heterocycles. The summed E-state index contributed by atoms with van der Waals surface area (Å²) in [5.41, 5.74) is 0. The van der Waals surface area contributed by atoms with Gasteiger partial charge in [-0.2, -0.15) is 0 Å². The van der Waals surface area contributed by atoms with Crippen molar-refractivity contribution in [3.63, 3.8) is 0 Å². The van der Waals surface area contributed by atoms with Crippen molar-refractivity contribution in [2.24, 2.45) is 5.92 Å². The third kappa shape index (κ3) is 2.17. The molecule has 0 bridgehead atoms. The second-order valence-electron chi connectivity index (χ2n) is 3.74. The Balaban J connectivity index is 2.37. The summed E-state index contributed by atoms with van der Waals surface area (Å²) in [6.07, 6.45) is 2.69. The van der Waals surface area contributed by atoms with Crippen LogP contribution >= 0.6 is 0 Å². The number of rotatable bonds is 3. The van der Waals surface area contributed by atoms with Gasteiger partial charge >= 0.3 is 0 Å². The summed E-state index contributed by atoms with van der Waals surface area (Å²) in [4.78, 5) is 2.35. The summed E-state index contributed by atoms with van der Waals surface area (Å²) in [5, 5.41) is 3.45. The van der Waals surface area contributed by atoms with Crippen LogP contribution in [0.25, 0.3) is 0 Å². The van der Waals surface area contributed by atoms with Gasteiger partial charge in [0.05, 0.1) is 0 Å². The highest BCUT2D eigenvalue weighted by Crippen LogP contribution is 2.18. The highest BCUT2D eigenvalue weighted by atomic mass is 15.2. The maximum Gasteiger partial charge on any atom is 0.0254 e. The molecule has 0 aromatic carbocycles. The third-order valence-electron chi connectivity index (χ3n) is 2.63. The van der Waals surface area contributed by atoms with Gasteiger partial charge in [-0.25, -0.2) is 0 Å². The lowest BCUT2D eigenvalue weighted by Gasteiger charge is -2.24. The average Bonchev–Trinajstić information content (AvgIpc) is 2.36. The van der Waals surface area contributed by atoms with Crippen molar-refractivity contribution in [3.05, 3.63) is 0 Å². The van der Waals surface area contributed by atoms with Crippen LogP contribution in [0, 0.1) is 5.92 Å². The molecule has 2 atom stereocenters. The van der Waals surface area contributed by atoms with Gasteiger partial charge in [0.25, 0.3) is 0 Å². The minimum absolute atomic E-state index is 0.773. The van der Waals surface area contributed by atoms with Gasteiger partial charge in [-0.15, -0.1) is 0 Å². The highest BCUT2D eigenvalue weighted by molar-refractivity contribution is 4.85. The molecule has 66 valence electrons. The van der Waals surface area contributed by atoms with Gasteiger partial charge in [0.15, 0.2) is 0 Å². The van der Waals surface area contributed by atoms with Crippen LogP contribution in [0.5, 0.6) is 0 Å². The minimum atomic E-state index is 0.773. The predicted molar refractivity (Wildman–Crippen MR) is 48.7 cm³/mol. The van der Waals surface area contributed by atoms with Crippen molar-refractivity contribution < 1.29 is 0 Å². The van der Waals surface area contributed by atoms with Crippen molar-refractivity contribution in [1.29, 1.82) is 0 Å². The van der Waals surface area contributed by atoms with Gasteiger partial charge in [0.1, 0.15) is 0 Å². The van der Waals surface area contributed by atoms with Crippen LogP contribution in [0.4, 0.5) is 0 Å². The van der Waals surface area contributed by atoms with Crippen LogP contribution in [0.1, 0.15) is 19.8 Å².